The van der Waals surface area contributed by atoms with Gasteiger partial charge in [-0.05, 0) is 93.4 Å². The van der Waals surface area contributed by atoms with Crippen LogP contribution in [0.15, 0.2) is 48.5 Å². The van der Waals surface area contributed by atoms with Crippen LogP contribution in [0.2, 0.25) is 0 Å². The summed E-state index contributed by atoms with van der Waals surface area (Å²) in [6.07, 6.45) is 3.60. The van der Waals surface area contributed by atoms with Gasteiger partial charge in [-0.25, -0.2) is 13.8 Å². The van der Waals surface area contributed by atoms with E-state index in [1.165, 1.54) is 11.6 Å². The lowest BCUT2D eigenvalue weighted by Gasteiger charge is -2.41. The van der Waals surface area contributed by atoms with Crippen molar-refractivity contribution in [2.24, 2.45) is 5.92 Å². The van der Waals surface area contributed by atoms with Gasteiger partial charge in [0.15, 0.2) is 11.6 Å². The van der Waals surface area contributed by atoms with Crippen LogP contribution in [0.1, 0.15) is 55.2 Å². The Morgan fingerprint density at radius 3 is 2.45 bits per heavy atom. The molecule has 3 saturated heterocycles. The van der Waals surface area contributed by atoms with Gasteiger partial charge in [0.05, 0.1) is 37.5 Å². The minimum atomic E-state index is -0.764. The van der Waals surface area contributed by atoms with Gasteiger partial charge in [0.2, 0.25) is 0 Å². The van der Waals surface area contributed by atoms with Gasteiger partial charge in [0, 0.05) is 24.7 Å². The Bertz CT molecular complexity index is 1460. The molecule has 1 aromatic heterocycles. The molecule has 3 aromatic rings. The number of likely N-dealkylation sites (tertiary alicyclic amines) is 1. The maximum Gasteiger partial charge on any atom is 0.309 e. The zero-order valence-corrected chi connectivity index (χ0v) is 25.6. The van der Waals surface area contributed by atoms with Gasteiger partial charge in [-0.1, -0.05) is 24.3 Å². The summed E-state index contributed by atoms with van der Waals surface area (Å²) in [4.78, 5) is 21.5. The molecule has 0 radical (unpaired) electrons. The molecule has 4 heterocycles. The normalized spacial score (nSPS) is 18.7. The van der Waals surface area contributed by atoms with E-state index in [4.69, 9.17) is 19.2 Å². The van der Waals surface area contributed by atoms with Crippen LogP contribution in [0.4, 0.5) is 14.6 Å². The zero-order valence-electron chi connectivity index (χ0n) is 25.6. The molecule has 0 aliphatic carbocycles. The Morgan fingerprint density at radius 1 is 1.00 bits per heavy atom. The van der Waals surface area contributed by atoms with Crippen LogP contribution in [0.5, 0.6) is 5.75 Å². The second-order valence-electron chi connectivity index (χ2n) is 12.1. The van der Waals surface area contributed by atoms with Crippen molar-refractivity contribution in [2.75, 3.05) is 50.9 Å². The van der Waals surface area contributed by atoms with E-state index in [0.717, 1.165) is 56.3 Å². The number of hydrogen-bond donors (Lipinski definition) is 0. The van der Waals surface area contributed by atoms with Crippen molar-refractivity contribution in [2.45, 2.75) is 58.1 Å². The molecule has 0 spiro atoms. The van der Waals surface area contributed by atoms with Crippen LogP contribution in [0.3, 0.4) is 0 Å². The smallest absolute Gasteiger partial charge is 0.309 e. The second kappa shape index (κ2) is 13.6. The number of anilines is 1. The molecule has 44 heavy (non-hydrogen) atoms. The standard InChI is InChI=1S/C35H41F2N3O4/c1-3-43-35(41)25-11-15-40(16-12-25)33-6-4-5-32(38-33)30-18-28(36)19-31(37)34(30)44-20-27-8-7-26(17-23(27)2)24-9-13-39(14-10-24)29-21-42-22-29/h4-8,17-19,24-25,29H,3,9-16,20-22H2,1-2H3. The van der Waals surface area contributed by atoms with Crippen LogP contribution in [-0.4, -0.2) is 67.9 Å². The molecule has 3 fully saturated rings. The van der Waals surface area contributed by atoms with Crippen LogP contribution in [-0.2, 0) is 20.9 Å². The van der Waals surface area contributed by atoms with Crippen molar-refractivity contribution in [1.82, 2.24) is 9.88 Å². The topological polar surface area (TPSA) is 64.1 Å². The minimum absolute atomic E-state index is 0.0205. The molecule has 0 amide bonds. The molecular weight excluding hydrogens is 564 g/mol. The van der Waals surface area contributed by atoms with Crippen molar-refractivity contribution in [3.05, 3.63) is 76.9 Å². The van der Waals surface area contributed by atoms with Crippen LogP contribution >= 0.6 is 0 Å². The fourth-order valence-corrected chi connectivity index (χ4v) is 6.57. The van der Waals surface area contributed by atoms with Gasteiger partial charge in [-0.15, -0.1) is 0 Å². The number of nitrogens with zero attached hydrogens (tertiary/aromatic N) is 3. The Balaban J connectivity index is 1.14. The number of pyridine rings is 1. The van der Waals surface area contributed by atoms with Crippen molar-refractivity contribution in [3.8, 4) is 17.0 Å². The number of rotatable bonds is 9. The number of ether oxygens (including phenoxy) is 3. The minimum Gasteiger partial charge on any atom is -0.485 e. The molecule has 6 rings (SSSR count). The van der Waals surface area contributed by atoms with E-state index in [9.17, 15) is 9.18 Å². The summed E-state index contributed by atoms with van der Waals surface area (Å²) >= 11 is 0. The average molecular weight is 606 g/mol. The monoisotopic (exact) mass is 605 g/mol. The molecule has 0 N–H and O–H groups in total. The molecule has 3 aliphatic heterocycles. The zero-order chi connectivity index (χ0) is 30.6. The number of carbonyl (C=O) groups is 1. The van der Waals surface area contributed by atoms with Crippen LogP contribution < -0.4 is 9.64 Å². The average Bonchev–Trinajstić information content (AvgIpc) is 3.01. The summed E-state index contributed by atoms with van der Waals surface area (Å²) in [5, 5.41) is 0. The van der Waals surface area contributed by atoms with Gasteiger partial charge in [0.25, 0.3) is 0 Å². The third kappa shape index (κ3) is 6.74. The Hall–Kier alpha value is -3.56. The van der Waals surface area contributed by atoms with Crippen molar-refractivity contribution >= 4 is 11.8 Å². The van der Waals surface area contributed by atoms with Gasteiger partial charge >= 0.3 is 5.97 Å². The van der Waals surface area contributed by atoms with Gasteiger partial charge in [-0.3, -0.25) is 9.69 Å². The highest BCUT2D eigenvalue weighted by atomic mass is 19.1. The number of hydrogen-bond acceptors (Lipinski definition) is 7. The van der Waals surface area contributed by atoms with Crippen molar-refractivity contribution < 1.29 is 27.8 Å². The summed E-state index contributed by atoms with van der Waals surface area (Å²) in [7, 11) is 0. The SMILES string of the molecule is CCOC(=O)C1CCN(c2cccc(-c3cc(F)cc(F)c3OCc3ccc(C4CCN(C5COC5)CC4)cc3C)n2)CC1. The molecule has 0 atom stereocenters. The van der Waals surface area contributed by atoms with E-state index >= 15 is 4.39 Å². The van der Waals surface area contributed by atoms with E-state index in [1.807, 2.05) is 19.1 Å². The van der Waals surface area contributed by atoms with Crippen molar-refractivity contribution in [1.29, 1.82) is 0 Å². The van der Waals surface area contributed by atoms with E-state index in [-0.39, 0.29) is 29.8 Å². The highest BCUT2D eigenvalue weighted by Crippen LogP contribution is 2.36. The van der Waals surface area contributed by atoms with Gasteiger partial charge < -0.3 is 19.1 Å². The summed E-state index contributed by atoms with van der Waals surface area (Å²) in [5.41, 5.74) is 4.07. The summed E-state index contributed by atoms with van der Waals surface area (Å²) < 4.78 is 46.3. The number of benzene rings is 2. The highest BCUT2D eigenvalue weighted by molar-refractivity contribution is 5.73. The summed E-state index contributed by atoms with van der Waals surface area (Å²) in [6, 6.07) is 14.6. The molecule has 0 bridgehead atoms. The van der Waals surface area contributed by atoms with Gasteiger partial charge in [0.1, 0.15) is 18.2 Å². The number of carbonyl (C=O) groups excluding carboxylic acids is 1. The van der Waals surface area contributed by atoms with E-state index in [0.29, 0.717) is 56.0 Å². The second-order valence-corrected chi connectivity index (χ2v) is 12.1. The molecule has 234 valence electrons. The molecule has 0 unspecified atom stereocenters. The maximum absolute atomic E-state index is 15.2. The van der Waals surface area contributed by atoms with E-state index in [1.54, 1.807) is 6.07 Å². The molecule has 0 saturated carbocycles. The fraction of sp³-hybridized carbons (Fsp3) is 0.486. The lowest BCUT2D eigenvalue weighted by Crippen LogP contribution is -2.51. The summed E-state index contributed by atoms with van der Waals surface area (Å²) in [5.74, 6) is -0.534. The lowest BCUT2D eigenvalue weighted by atomic mass is 9.87. The van der Waals surface area contributed by atoms with Gasteiger partial charge in [-0.2, -0.15) is 0 Å². The van der Waals surface area contributed by atoms with E-state index in [2.05, 4.69) is 34.9 Å². The molecule has 2 aromatic carbocycles. The quantitative estimate of drug-likeness (QED) is 0.267. The van der Waals surface area contributed by atoms with E-state index < -0.39 is 11.6 Å². The first-order valence-electron chi connectivity index (χ1n) is 15.8. The Kier molecular flexibility index (Phi) is 9.42. The fourth-order valence-electron chi connectivity index (χ4n) is 6.57. The number of aromatic nitrogens is 1. The number of aryl methyl sites for hydroxylation is 1. The maximum atomic E-state index is 15.2. The molecule has 9 heteroatoms. The first kappa shape index (κ1) is 30.5. The first-order chi connectivity index (χ1) is 21.4. The molecular formula is C35H41F2N3O4. The third-order valence-corrected chi connectivity index (χ3v) is 9.33. The van der Waals surface area contributed by atoms with Crippen LogP contribution in [0.25, 0.3) is 11.3 Å². The third-order valence-electron chi connectivity index (χ3n) is 9.33. The number of halogens is 2. The lowest BCUT2D eigenvalue weighted by molar-refractivity contribution is -0.148. The number of esters is 1. The number of piperidine rings is 2. The first-order valence-corrected chi connectivity index (χ1v) is 15.8. The largest absolute Gasteiger partial charge is 0.485 e. The predicted octanol–water partition coefficient (Wildman–Crippen LogP) is 6.27. The molecule has 3 aliphatic rings. The predicted molar refractivity (Wildman–Crippen MR) is 165 cm³/mol. The summed E-state index contributed by atoms with van der Waals surface area (Å²) in [6.45, 7) is 9.58. The Labute approximate surface area is 258 Å². The van der Waals surface area contributed by atoms with Crippen molar-refractivity contribution in [3.63, 3.8) is 0 Å². The molecule has 7 nitrogen and oxygen atoms in total. The van der Waals surface area contributed by atoms with Crippen LogP contribution in [0, 0.1) is 24.5 Å². The highest BCUT2D eigenvalue weighted by Gasteiger charge is 2.30. The Morgan fingerprint density at radius 2 is 1.77 bits per heavy atom.